The van der Waals surface area contributed by atoms with Gasteiger partial charge in [-0.15, -0.1) is 0 Å². The maximum Gasteiger partial charge on any atom is 0.338 e. The van der Waals surface area contributed by atoms with Crippen molar-refractivity contribution in [2.45, 2.75) is 58.2 Å². The Morgan fingerprint density at radius 2 is 1.75 bits per heavy atom. The molecule has 3 heteroatoms. The van der Waals surface area contributed by atoms with Crippen molar-refractivity contribution in [1.82, 2.24) is 0 Å². The van der Waals surface area contributed by atoms with Crippen LogP contribution in [0.15, 0.2) is 24.3 Å². The van der Waals surface area contributed by atoms with Gasteiger partial charge in [0.05, 0.1) is 14.4 Å². The van der Waals surface area contributed by atoms with Gasteiger partial charge in [0.2, 0.25) is 0 Å². The molecule has 20 heavy (non-hydrogen) atoms. The Hall–Kier alpha value is -1.09. The van der Waals surface area contributed by atoms with Crippen molar-refractivity contribution in [3.05, 3.63) is 29.8 Å². The normalized spacial score (nSPS) is 22.8. The molecule has 1 aliphatic carbocycles. The lowest BCUT2D eigenvalue weighted by Gasteiger charge is -2.27. The Balaban J connectivity index is 1.88. The van der Waals surface area contributed by atoms with E-state index in [-0.39, 0.29) is 12.1 Å². The summed E-state index contributed by atoms with van der Waals surface area (Å²) in [5.74, 6) is 0.683. The summed E-state index contributed by atoms with van der Waals surface area (Å²) in [6.45, 7) is 6.83. The number of rotatable bonds is 4. The van der Waals surface area contributed by atoms with Crippen LogP contribution in [-0.4, -0.2) is 20.9 Å². The molecule has 1 aliphatic rings. The number of ether oxygens (including phenoxy) is 1. The minimum Gasteiger partial charge on any atom is -0.459 e. The lowest BCUT2D eigenvalue weighted by Crippen LogP contribution is -2.25. The molecular formula is C17H26O2Si. The summed E-state index contributed by atoms with van der Waals surface area (Å²) >= 11 is 0. The van der Waals surface area contributed by atoms with Crippen LogP contribution in [0.3, 0.4) is 0 Å². The van der Waals surface area contributed by atoms with E-state index in [2.05, 4.69) is 32.2 Å². The zero-order valence-corrected chi connectivity index (χ0v) is 14.0. The van der Waals surface area contributed by atoms with Crippen LogP contribution in [0, 0.1) is 5.92 Å². The minimum absolute atomic E-state index is 0.129. The third-order valence-electron chi connectivity index (χ3n) is 4.46. The van der Waals surface area contributed by atoms with E-state index in [1.807, 2.05) is 12.1 Å². The third-order valence-corrected chi connectivity index (χ3v) is 6.18. The predicted molar refractivity (Wildman–Crippen MR) is 86.4 cm³/mol. The first kappa shape index (κ1) is 15.3. The molecule has 1 aromatic carbocycles. The average molecular weight is 290 g/mol. The Labute approximate surface area is 124 Å². The number of hydrogen-bond acceptors (Lipinski definition) is 2. The number of carbonyl (C=O) groups is 1. The average Bonchev–Trinajstić information content (AvgIpc) is 2.48. The van der Waals surface area contributed by atoms with Crippen LogP contribution in [0.1, 0.15) is 49.4 Å². The van der Waals surface area contributed by atoms with E-state index in [4.69, 9.17) is 4.74 Å². The van der Waals surface area contributed by atoms with Gasteiger partial charge in [0, 0.05) is 0 Å². The molecule has 0 bridgehead atoms. The van der Waals surface area contributed by atoms with Crippen LogP contribution in [0.25, 0.3) is 0 Å². The van der Waals surface area contributed by atoms with Gasteiger partial charge >= 0.3 is 5.97 Å². The number of benzene rings is 1. The molecule has 0 aliphatic heterocycles. The van der Waals surface area contributed by atoms with E-state index in [1.165, 1.54) is 24.4 Å². The summed E-state index contributed by atoms with van der Waals surface area (Å²) < 4.78 is 5.64. The first-order valence-corrected chi connectivity index (χ1v) is 10.8. The summed E-state index contributed by atoms with van der Waals surface area (Å²) in [7, 11) is -0.781. The molecule has 0 unspecified atom stereocenters. The van der Waals surface area contributed by atoms with Crippen LogP contribution in [0.5, 0.6) is 0 Å². The lowest BCUT2D eigenvalue weighted by molar-refractivity contribution is 0.0164. The highest BCUT2D eigenvalue weighted by Crippen LogP contribution is 2.28. The first-order valence-electron chi connectivity index (χ1n) is 7.91. The maximum absolute atomic E-state index is 12.1. The minimum atomic E-state index is -0.781. The quantitative estimate of drug-likeness (QED) is 0.626. The second kappa shape index (κ2) is 7.07. The fourth-order valence-electron chi connectivity index (χ4n) is 2.88. The molecular weight excluding hydrogens is 264 g/mol. The van der Waals surface area contributed by atoms with Gasteiger partial charge in [-0.2, -0.15) is 0 Å². The highest BCUT2D eigenvalue weighted by atomic mass is 28.3. The number of hydrogen-bond donors (Lipinski definition) is 0. The van der Waals surface area contributed by atoms with Crippen LogP contribution in [0.4, 0.5) is 0 Å². The molecule has 2 nitrogen and oxygen atoms in total. The zero-order chi connectivity index (χ0) is 14.5. The smallest absolute Gasteiger partial charge is 0.338 e. The van der Waals surface area contributed by atoms with Gasteiger partial charge in [0.15, 0.2) is 0 Å². The molecule has 110 valence electrons. The molecule has 0 saturated heterocycles. The van der Waals surface area contributed by atoms with Crippen molar-refractivity contribution in [3.8, 4) is 0 Å². The van der Waals surface area contributed by atoms with Gasteiger partial charge in [0.1, 0.15) is 6.10 Å². The number of esters is 1. The summed E-state index contributed by atoms with van der Waals surface area (Å²) in [6.07, 6.45) is 5.84. The summed E-state index contributed by atoms with van der Waals surface area (Å²) in [6, 6.07) is 8.01. The van der Waals surface area contributed by atoms with Gasteiger partial charge in [0.25, 0.3) is 0 Å². The van der Waals surface area contributed by atoms with Crippen molar-refractivity contribution in [2.24, 2.45) is 5.92 Å². The van der Waals surface area contributed by atoms with E-state index < -0.39 is 8.80 Å². The molecule has 0 atom stereocenters. The molecule has 2 rings (SSSR count). The molecule has 0 N–H and O–H groups in total. The van der Waals surface area contributed by atoms with Crippen LogP contribution in [-0.2, 0) is 4.74 Å². The van der Waals surface area contributed by atoms with Crippen LogP contribution >= 0.6 is 0 Å². The van der Waals surface area contributed by atoms with E-state index in [0.717, 1.165) is 18.8 Å². The monoisotopic (exact) mass is 290 g/mol. The van der Waals surface area contributed by atoms with E-state index in [9.17, 15) is 4.79 Å². The third kappa shape index (κ3) is 3.95. The standard InChI is InChI=1S/C17H26O2Si/c1-4-13-5-9-15(10-6-13)19-17(18)14-7-11-16(12-8-14)20(2)3/h7-8,11-13,15,20H,4-6,9-10H2,1-3H3/t13-,15-. The van der Waals surface area contributed by atoms with Crippen molar-refractivity contribution in [2.75, 3.05) is 0 Å². The van der Waals surface area contributed by atoms with Gasteiger partial charge in [-0.1, -0.05) is 43.8 Å². The second-order valence-corrected chi connectivity index (χ2v) is 9.21. The molecule has 0 spiro atoms. The molecule has 1 fully saturated rings. The maximum atomic E-state index is 12.1. The van der Waals surface area contributed by atoms with Crippen LogP contribution < -0.4 is 5.19 Å². The zero-order valence-electron chi connectivity index (χ0n) is 12.9. The Morgan fingerprint density at radius 3 is 2.25 bits per heavy atom. The Kier molecular flexibility index (Phi) is 5.41. The molecule has 0 heterocycles. The van der Waals surface area contributed by atoms with Crippen molar-refractivity contribution < 1.29 is 9.53 Å². The largest absolute Gasteiger partial charge is 0.459 e. The van der Waals surface area contributed by atoms with Gasteiger partial charge in [-0.05, 0) is 43.7 Å². The Bertz CT molecular complexity index is 431. The lowest BCUT2D eigenvalue weighted by atomic mass is 9.86. The van der Waals surface area contributed by atoms with Crippen molar-refractivity contribution in [1.29, 1.82) is 0 Å². The molecule has 1 aromatic rings. The van der Waals surface area contributed by atoms with E-state index in [0.29, 0.717) is 5.56 Å². The second-order valence-electron chi connectivity index (χ2n) is 6.23. The number of carbonyl (C=O) groups excluding carboxylic acids is 1. The fraction of sp³-hybridized carbons (Fsp3) is 0.588. The van der Waals surface area contributed by atoms with E-state index >= 15 is 0 Å². The highest BCUT2D eigenvalue weighted by Gasteiger charge is 2.23. The van der Waals surface area contributed by atoms with Gasteiger partial charge in [-0.3, -0.25) is 0 Å². The van der Waals surface area contributed by atoms with Crippen molar-refractivity contribution in [3.63, 3.8) is 0 Å². The SMILES string of the molecule is CC[C@H]1CC[C@H](OC(=O)c2ccc([SiH](C)C)cc2)CC1. The van der Waals surface area contributed by atoms with Gasteiger partial charge < -0.3 is 4.74 Å². The molecule has 0 amide bonds. The molecule has 0 aromatic heterocycles. The van der Waals surface area contributed by atoms with Crippen LogP contribution in [0.2, 0.25) is 13.1 Å². The highest BCUT2D eigenvalue weighted by molar-refractivity contribution is 6.70. The predicted octanol–water partition coefficient (Wildman–Crippen LogP) is 3.51. The van der Waals surface area contributed by atoms with E-state index in [1.54, 1.807) is 0 Å². The van der Waals surface area contributed by atoms with Gasteiger partial charge in [-0.25, -0.2) is 4.79 Å². The summed E-state index contributed by atoms with van der Waals surface area (Å²) in [4.78, 5) is 12.1. The van der Waals surface area contributed by atoms with Crippen molar-refractivity contribution >= 4 is 20.0 Å². The molecule has 1 saturated carbocycles. The first-order chi connectivity index (χ1) is 9.60. The summed E-state index contributed by atoms with van der Waals surface area (Å²) in [5.41, 5.74) is 0.695. The topological polar surface area (TPSA) is 26.3 Å². The Morgan fingerprint density at radius 1 is 1.15 bits per heavy atom. The fourth-order valence-corrected chi connectivity index (χ4v) is 3.84. The molecule has 0 radical (unpaired) electrons. The summed E-state index contributed by atoms with van der Waals surface area (Å²) in [5, 5.41) is 1.39.